The summed E-state index contributed by atoms with van der Waals surface area (Å²) in [5.41, 5.74) is 2.64. The molecule has 4 rings (SSSR count). The number of aromatic nitrogens is 3. The van der Waals surface area contributed by atoms with Gasteiger partial charge < -0.3 is 14.8 Å². The highest BCUT2D eigenvalue weighted by molar-refractivity contribution is 5.52. The van der Waals surface area contributed by atoms with Crippen molar-refractivity contribution in [1.82, 2.24) is 19.9 Å². The van der Waals surface area contributed by atoms with E-state index in [1.54, 1.807) is 24.5 Å². The molecule has 2 aromatic heterocycles. The van der Waals surface area contributed by atoms with Gasteiger partial charge in [0.1, 0.15) is 5.82 Å². The molecule has 1 aliphatic heterocycles. The molecule has 30 heavy (non-hydrogen) atoms. The number of nitrogens with zero attached hydrogens (tertiary/aromatic N) is 3. The Morgan fingerprint density at radius 2 is 2.07 bits per heavy atom. The molecule has 7 nitrogen and oxygen atoms in total. The number of phenolic OH excluding ortho intramolecular Hbond substituents is 1. The fourth-order valence-corrected chi connectivity index (χ4v) is 3.90. The van der Waals surface area contributed by atoms with Crippen LogP contribution in [-0.2, 0) is 6.54 Å². The second kappa shape index (κ2) is 9.09. The average molecular weight is 406 g/mol. The van der Waals surface area contributed by atoms with E-state index in [-0.39, 0.29) is 17.2 Å². The van der Waals surface area contributed by atoms with E-state index in [0.29, 0.717) is 18.2 Å². The van der Waals surface area contributed by atoms with Crippen molar-refractivity contribution in [2.24, 2.45) is 0 Å². The number of aromatic hydroxyl groups is 1. The Kier molecular flexibility index (Phi) is 6.09. The minimum absolute atomic E-state index is 0.131. The molecule has 0 aliphatic carbocycles. The molecule has 0 amide bonds. The monoisotopic (exact) mass is 406 g/mol. The van der Waals surface area contributed by atoms with Crippen molar-refractivity contribution in [2.75, 3.05) is 19.7 Å². The molecule has 0 atom stereocenters. The first-order chi connectivity index (χ1) is 14.6. The molecule has 0 bridgehead atoms. The van der Waals surface area contributed by atoms with E-state index in [1.165, 1.54) is 0 Å². The molecule has 156 valence electrons. The van der Waals surface area contributed by atoms with Crippen molar-refractivity contribution in [3.63, 3.8) is 0 Å². The number of ether oxygens (including phenoxy) is 1. The first-order valence-electron chi connectivity index (χ1n) is 10.3. The fourth-order valence-electron chi connectivity index (χ4n) is 3.90. The van der Waals surface area contributed by atoms with Crippen molar-refractivity contribution in [2.45, 2.75) is 32.2 Å². The van der Waals surface area contributed by atoms with Gasteiger partial charge in [0.2, 0.25) is 0 Å². The maximum absolute atomic E-state index is 12.2. The Labute approximate surface area is 175 Å². The Hall–Kier alpha value is -3.19. The molecule has 0 radical (unpaired) electrons. The summed E-state index contributed by atoms with van der Waals surface area (Å²) in [6.07, 6.45) is 5.30. The van der Waals surface area contributed by atoms with Crippen LogP contribution in [0.2, 0.25) is 0 Å². The van der Waals surface area contributed by atoms with Crippen molar-refractivity contribution in [3.8, 4) is 22.9 Å². The molecule has 0 saturated carbocycles. The zero-order valence-corrected chi connectivity index (χ0v) is 17.0. The van der Waals surface area contributed by atoms with Gasteiger partial charge in [-0.3, -0.25) is 14.7 Å². The number of H-pyrrole nitrogens is 1. The van der Waals surface area contributed by atoms with Crippen molar-refractivity contribution >= 4 is 0 Å². The maximum atomic E-state index is 12.2. The molecule has 2 N–H and O–H groups in total. The molecule has 1 aromatic carbocycles. The zero-order valence-electron chi connectivity index (χ0n) is 17.0. The van der Waals surface area contributed by atoms with E-state index in [9.17, 15) is 9.90 Å². The van der Waals surface area contributed by atoms with E-state index in [1.807, 2.05) is 31.2 Å². The highest BCUT2D eigenvalue weighted by atomic mass is 16.5. The lowest BCUT2D eigenvalue weighted by molar-refractivity contribution is 0.203. The second-order valence-electron chi connectivity index (χ2n) is 7.55. The van der Waals surface area contributed by atoms with Crippen LogP contribution in [0.4, 0.5) is 0 Å². The topological polar surface area (TPSA) is 91.3 Å². The van der Waals surface area contributed by atoms with Gasteiger partial charge in [0, 0.05) is 36.5 Å². The number of pyridine rings is 1. The summed E-state index contributed by atoms with van der Waals surface area (Å²) in [5, 5.41) is 9.88. The molecule has 0 unspecified atom stereocenters. The first kappa shape index (κ1) is 20.1. The Balaban J connectivity index is 1.42. The van der Waals surface area contributed by atoms with Gasteiger partial charge in [0.25, 0.3) is 5.56 Å². The molecule has 3 heterocycles. The quantitative estimate of drug-likeness (QED) is 0.653. The van der Waals surface area contributed by atoms with E-state index >= 15 is 0 Å². The summed E-state index contributed by atoms with van der Waals surface area (Å²) in [7, 11) is 0. The predicted molar refractivity (Wildman–Crippen MR) is 115 cm³/mol. The number of hydrogen-bond acceptors (Lipinski definition) is 6. The number of aromatic amines is 1. The molecule has 7 heteroatoms. The summed E-state index contributed by atoms with van der Waals surface area (Å²) in [6.45, 7) is 5.07. The van der Waals surface area contributed by atoms with Crippen LogP contribution in [0.25, 0.3) is 11.4 Å². The minimum Gasteiger partial charge on any atom is -0.504 e. The lowest BCUT2D eigenvalue weighted by atomic mass is 9.93. The average Bonchev–Trinajstić information content (AvgIpc) is 2.77. The van der Waals surface area contributed by atoms with Gasteiger partial charge in [-0.05, 0) is 62.7 Å². The fraction of sp³-hybridized carbons (Fsp3) is 0.348. The second-order valence-corrected chi connectivity index (χ2v) is 7.55. The van der Waals surface area contributed by atoms with Crippen LogP contribution in [-0.4, -0.2) is 44.7 Å². The van der Waals surface area contributed by atoms with Crippen LogP contribution < -0.4 is 10.3 Å². The molecular weight excluding hydrogens is 380 g/mol. The summed E-state index contributed by atoms with van der Waals surface area (Å²) < 4.78 is 5.49. The third-order valence-corrected chi connectivity index (χ3v) is 5.43. The van der Waals surface area contributed by atoms with Gasteiger partial charge in [-0.25, -0.2) is 4.98 Å². The van der Waals surface area contributed by atoms with Crippen LogP contribution in [0.1, 0.15) is 36.9 Å². The van der Waals surface area contributed by atoms with Gasteiger partial charge in [-0.1, -0.05) is 6.07 Å². The summed E-state index contributed by atoms with van der Waals surface area (Å²) in [6, 6.07) is 10.9. The number of nitrogens with one attached hydrogen (secondary N) is 1. The highest BCUT2D eigenvalue weighted by Crippen LogP contribution is 2.30. The molecule has 3 aromatic rings. The number of likely N-dealkylation sites (tertiary alicyclic amines) is 1. The van der Waals surface area contributed by atoms with Crippen LogP contribution in [0, 0.1) is 0 Å². The molecule has 1 fully saturated rings. The third kappa shape index (κ3) is 4.68. The van der Waals surface area contributed by atoms with Crippen molar-refractivity contribution in [1.29, 1.82) is 0 Å². The number of hydrogen-bond donors (Lipinski definition) is 2. The smallest absolute Gasteiger partial charge is 0.251 e. The SMILES string of the molecule is CCOc1cc(CN2CCC(c3cc(=O)[nH]c(-c4cccnc4)n3)CC2)ccc1O. The molecule has 1 aliphatic rings. The zero-order chi connectivity index (χ0) is 20.9. The Morgan fingerprint density at radius 3 is 2.80 bits per heavy atom. The first-order valence-corrected chi connectivity index (χ1v) is 10.3. The standard InChI is InChI=1S/C23H26N4O3/c1-2-30-21-12-16(5-6-20(21)28)15-27-10-7-17(8-11-27)19-13-22(29)26-23(25-19)18-4-3-9-24-14-18/h3-6,9,12-14,17,28H,2,7-8,10-11,15H2,1H3,(H,25,26,29). The number of benzene rings is 1. The summed E-state index contributed by atoms with van der Waals surface area (Å²) in [5.74, 6) is 1.53. The van der Waals surface area contributed by atoms with Gasteiger partial charge in [0.15, 0.2) is 11.5 Å². The Morgan fingerprint density at radius 1 is 1.23 bits per heavy atom. The highest BCUT2D eigenvalue weighted by Gasteiger charge is 2.23. The lowest BCUT2D eigenvalue weighted by Gasteiger charge is -2.31. The van der Waals surface area contributed by atoms with Gasteiger partial charge >= 0.3 is 0 Å². The van der Waals surface area contributed by atoms with Crippen LogP contribution in [0.15, 0.2) is 53.6 Å². The lowest BCUT2D eigenvalue weighted by Crippen LogP contribution is -2.33. The molecular formula is C23H26N4O3. The summed E-state index contributed by atoms with van der Waals surface area (Å²) in [4.78, 5) is 26.2. The third-order valence-electron chi connectivity index (χ3n) is 5.43. The number of phenols is 1. The number of piperidine rings is 1. The maximum Gasteiger partial charge on any atom is 0.251 e. The van der Waals surface area contributed by atoms with Crippen molar-refractivity contribution in [3.05, 3.63) is 70.4 Å². The van der Waals surface area contributed by atoms with E-state index in [0.717, 1.165) is 49.3 Å². The van der Waals surface area contributed by atoms with Crippen LogP contribution in [0.5, 0.6) is 11.5 Å². The van der Waals surface area contributed by atoms with E-state index in [4.69, 9.17) is 9.72 Å². The van der Waals surface area contributed by atoms with Crippen molar-refractivity contribution < 1.29 is 9.84 Å². The number of rotatable bonds is 6. The van der Waals surface area contributed by atoms with Gasteiger partial charge in [-0.15, -0.1) is 0 Å². The normalized spacial score (nSPS) is 15.2. The van der Waals surface area contributed by atoms with Gasteiger partial charge in [0.05, 0.1) is 12.3 Å². The minimum atomic E-state index is -0.131. The Bertz CT molecular complexity index is 1040. The summed E-state index contributed by atoms with van der Waals surface area (Å²) >= 11 is 0. The van der Waals surface area contributed by atoms with Crippen LogP contribution in [0.3, 0.4) is 0 Å². The largest absolute Gasteiger partial charge is 0.504 e. The van der Waals surface area contributed by atoms with E-state index < -0.39 is 0 Å². The van der Waals surface area contributed by atoms with E-state index in [2.05, 4.69) is 14.9 Å². The van der Waals surface area contributed by atoms with Gasteiger partial charge in [-0.2, -0.15) is 0 Å². The van der Waals surface area contributed by atoms with Crippen LogP contribution >= 0.6 is 0 Å². The predicted octanol–water partition coefficient (Wildman–Crippen LogP) is 3.32. The molecule has 1 saturated heterocycles. The molecule has 0 spiro atoms.